The van der Waals surface area contributed by atoms with Crippen LogP contribution in [0.5, 0.6) is 5.75 Å². The van der Waals surface area contributed by atoms with Crippen molar-refractivity contribution < 1.29 is 23.8 Å². The van der Waals surface area contributed by atoms with Gasteiger partial charge in [0, 0.05) is 12.5 Å². The Balaban J connectivity index is 2.09. The van der Waals surface area contributed by atoms with E-state index in [2.05, 4.69) is 10.6 Å². The molecule has 27 heavy (non-hydrogen) atoms. The van der Waals surface area contributed by atoms with Gasteiger partial charge in [0.2, 0.25) is 5.91 Å². The fourth-order valence-corrected chi connectivity index (χ4v) is 3.12. The molecule has 1 aliphatic carbocycles. The summed E-state index contributed by atoms with van der Waals surface area (Å²) in [6.07, 6.45) is 4.52. The molecule has 0 saturated heterocycles. The van der Waals surface area contributed by atoms with E-state index in [1.54, 1.807) is 20.8 Å². The van der Waals surface area contributed by atoms with Crippen molar-refractivity contribution in [2.24, 2.45) is 0 Å². The molecule has 1 aliphatic rings. The van der Waals surface area contributed by atoms with Gasteiger partial charge >= 0.3 is 6.09 Å². The monoisotopic (exact) mass is 380 g/mol. The normalized spacial score (nSPS) is 16.4. The molecular weight excluding hydrogens is 351 g/mol. The smallest absolute Gasteiger partial charge is 0.408 e. The second-order valence-corrected chi connectivity index (χ2v) is 8.03. The second kappa shape index (κ2) is 9.06. The van der Waals surface area contributed by atoms with Crippen LogP contribution < -0.4 is 10.6 Å². The SMILES string of the molecule is CC(C)(C)OC(=O)N[C@H](Cc1ccc(O)c(F)c1)C(=O)NC1CCCCC1. The van der Waals surface area contributed by atoms with Crippen molar-refractivity contribution in [3.63, 3.8) is 0 Å². The van der Waals surface area contributed by atoms with Crippen LogP contribution in [-0.2, 0) is 16.0 Å². The lowest BCUT2D eigenvalue weighted by molar-refractivity contribution is -0.124. The molecule has 1 atom stereocenters. The number of benzene rings is 1. The van der Waals surface area contributed by atoms with Crippen LogP contribution in [0.15, 0.2) is 18.2 Å². The van der Waals surface area contributed by atoms with Crippen molar-refractivity contribution in [1.29, 1.82) is 0 Å². The zero-order chi connectivity index (χ0) is 20.0. The molecule has 2 rings (SSSR count). The molecule has 0 heterocycles. The first-order valence-electron chi connectivity index (χ1n) is 9.41. The standard InChI is InChI=1S/C20H29FN2O4/c1-20(2,3)27-19(26)23-16(12-13-9-10-17(24)15(21)11-13)18(25)22-14-7-5-4-6-8-14/h9-11,14,16,24H,4-8,12H2,1-3H3,(H,22,25)(H,23,26)/t16-/m1/s1. The second-order valence-electron chi connectivity index (χ2n) is 8.03. The van der Waals surface area contributed by atoms with Gasteiger partial charge < -0.3 is 20.5 Å². The number of hydrogen-bond donors (Lipinski definition) is 3. The van der Waals surface area contributed by atoms with Crippen molar-refractivity contribution >= 4 is 12.0 Å². The van der Waals surface area contributed by atoms with Gasteiger partial charge in [-0.25, -0.2) is 9.18 Å². The minimum absolute atomic E-state index is 0.0886. The van der Waals surface area contributed by atoms with Gasteiger partial charge in [0.05, 0.1) is 0 Å². The molecule has 0 radical (unpaired) electrons. The molecule has 1 fully saturated rings. The van der Waals surface area contributed by atoms with Crippen LogP contribution in [0.3, 0.4) is 0 Å². The van der Waals surface area contributed by atoms with Crippen LogP contribution in [0.2, 0.25) is 0 Å². The molecule has 6 nitrogen and oxygen atoms in total. The molecule has 3 N–H and O–H groups in total. The van der Waals surface area contributed by atoms with E-state index in [0.717, 1.165) is 31.7 Å². The third kappa shape index (κ3) is 7.07. The molecule has 0 bridgehead atoms. The molecule has 150 valence electrons. The largest absolute Gasteiger partial charge is 0.505 e. The number of phenolic OH excluding ortho intramolecular Hbond substituents is 1. The molecule has 0 aromatic heterocycles. The van der Waals surface area contributed by atoms with Gasteiger partial charge in [0.15, 0.2) is 11.6 Å². The summed E-state index contributed by atoms with van der Waals surface area (Å²) in [7, 11) is 0. The van der Waals surface area contributed by atoms with Gasteiger partial charge in [-0.2, -0.15) is 0 Å². The Labute approximate surface area is 159 Å². The van der Waals surface area contributed by atoms with E-state index in [1.165, 1.54) is 18.6 Å². The summed E-state index contributed by atoms with van der Waals surface area (Å²) in [4.78, 5) is 24.9. The molecule has 0 aliphatic heterocycles. The topological polar surface area (TPSA) is 87.7 Å². The third-order valence-corrected chi connectivity index (χ3v) is 4.41. The number of halogens is 1. The number of carbonyl (C=O) groups excluding carboxylic acids is 2. The third-order valence-electron chi connectivity index (χ3n) is 4.41. The lowest BCUT2D eigenvalue weighted by atomic mass is 9.95. The summed E-state index contributed by atoms with van der Waals surface area (Å²) in [5, 5.41) is 14.9. The van der Waals surface area contributed by atoms with Gasteiger partial charge in [-0.1, -0.05) is 25.3 Å². The van der Waals surface area contributed by atoms with Crippen LogP contribution in [-0.4, -0.2) is 34.8 Å². The number of amides is 2. The quantitative estimate of drug-likeness (QED) is 0.730. The van der Waals surface area contributed by atoms with Gasteiger partial charge in [-0.3, -0.25) is 4.79 Å². The molecule has 1 saturated carbocycles. The number of alkyl carbamates (subject to hydrolysis) is 1. The van der Waals surface area contributed by atoms with Gasteiger partial charge in [-0.05, 0) is 51.3 Å². The van der Waals surface area contributed by atoms with Crippen LogP contribution in [0.1, 0.15) is 58.4 Å². The summed E-state index contributed by atoms with van der Waals surface area (Å²) >= 11 is 0. The van der Waals surface area contributed by atoms with E-state index in [-0.39, 0.29) is 18.4 Å². The highest BCUT2D eigenvalue weighted by Gasteiger charge is 2.27. The van der Waals surface area contributed by atoms with Crippen LogP contribution >= 0.6 is 0 Å². The summed E-state index contributed by atoms with van der Waals surface area (Å²) in [5.41, 5.74) is -0.204. The molecule has 0 spiro atoms. The first-order chi connectivity index (χ1) is 12.6. The zero-order valence-electron chi connectivity index (χ0n) is 16.2. The van der Waals surface area contributed by atoms with E-state index >= 15 is 0 Å². The van der Waals surface area contributed by atoms with E-state index in [1.807, 2.05) is 0 Å². The Morgan fingerprint density at radius 3 is 2.52 bits per heavy atom. The van der Waals surface area contributed by atoms with E-state index < -0.39 is 29.3 Å². The molecular formula is C20H29FN2O4. The van der Waals surface area contributed by atoms with Crippen molar-refractivity contribution in [3.8, 4) is 5.75 Å². The van der Waals surface area contributed by atoms with Crippen molar-refractivity contribution in [1.82, 2.24) is 10.6 Å². The molecule has 7 heteroatoms. The number of carbonyl (C=O) groups is 2. The van der Waals surface area contributed by atoms with E-state index in [9.17, 15) is 19.1 Å². The van der Waals surface area contributed by atoms with Crippen molar-refractivity contribution in [2.45, 2.75) is 77.0 Å². The highest BCUT2D eigenvalue weighted by atomic mass is 19.1. The maximum Gasteiger partial charge on any atom is 0.408 e. The van der Waals surface area contributed by atoms with Gasteiger partial charge in [0.1, 0.15) is 11.6 Å². The number of nitrogens with one attached hydrogen (secondary N) is 2. The summed E-state index contributed by atoms with van der Waals surface area (Å²) in [5.74, 6) is -1.54. The minimum atomic E-state index is -0.897. The molecule has 1 aromatic carbocycles. The average molecular weight is 380 g/mol. The zero-order valence-corrected chi connectivity index (χ0v) is 16.2. The molecule has 0 unspecified atom stereocenters. The fraction of sp³-hybridized carbons (Fsp3) is 0.600. The van der Waals surface area contributed by atoms with Crippen molar-refractivity contribution in [3.05, 3.63) is 29.6 Å². The van der Waals surface area contributed by atoms with Gasteiger partial charge in [0.25, 0.3) is 0 Å². The maximum atomic E-state index is 13.6. The number of hydrogen-bond acceptors (Lipinski definition) is 4. The Morgan fingerprint density at radius 1 is 1.26 bits per heavy atom. The highest BCUT2D eigenvalue weighted by Crippen LogP contribution is 2.19. The Hall–Kier alpha value is -2.31. The number of phenols is 1. The average Bonchev–Trinajstić information content (AvgIpc) is 2.57. The summed E-state index contributed by atoms with van der Waals surface area (Å²) < 4.78 is 18.9. The first-order valence-corrected chi connectivity index (χ1v) is 9.41. The minimum Gasteiger partial charge on any atom is -0.505 e. The Morgan fingerprint density at radius 2 is 1.93 bits per heavy atom. The number of ether oxygens (including phenoxy) is 1. The molecule has 2 amide bonds. The Bertz CT molecular complexity index is 666. The summed E-state index contributed by atoms with van der Waals surface area (Å²) in [6.45, 7) is 5.21. The lowest BCUT2D eigenvalue weighted by Crippen LogP contribution is -2.51. The van der Waals surface area contributed by atoms with E-state index in [4.69, 9.17) is 4.74 Å². The predicted molar refractivity (Wildman–Crippen MR) is 99.9 cm³/mol. The fourth-order valence-electron chi connectivity index (χ4n) is 3.12. The van der Waals surface area contributed by atoms with Gasteiger partial charge in [-0.15, -0.1) is 0 Å². The highest BCUT2D eigenvalue weighted by molar-refractivity contribution is 5.86. The van der Waals surface area contributed by atoms with E-state index in [0.29, 0.717) is 5.56 Å². The predicted octanol–water partition coefficient (Wildman–Crippen LogP) is 3.42. The van der Waals surface area contributed by atoms with Crippen LogP contribution in [0, 0.1) is 5.82 Å². The summed E-state index contributed by atoms with van der Waals surface area (Å²) in [6, 6.07) is 3.11. The first kappa shape index (κ1) is 21.0. The number of aromatic hydroxyl groups is 1. The van der Waals surface area contributed by atoms with Crippen molar-refractivity contribution in [2.75, 3.05) is 0 Å². The molecule has 1 aromatic rings. The maximum absolute atomic E-state index is 13.6. The Kier molecular flexibility index (Phi) is 7.05. The lowest BCUT2D eigenvalue weighted by Gasteiger charge is -2.27. The number of rotatable bonds is 5. The van der Waals surface area contributed by atoms with Crippen LogP contribution in [0.25, 0.3) is 0 Å². The van der Waals surface area contributed by atoms with Crippen LogP contribution in [0.4, 0.5) is 9.18 Å².